The van der Waals surface area contributed by atoms with Crippen LogP contribution < -0.4 is 21.3 Å². The molecule has 0 aliphatic carbocycles. The van der Waals surface area contributed by atoms with Crippen molar-refractivity contribution in [2.45, 2.75) is 110 Å². The molecule has 18 atom stereocenters. The fourth-order valence-electron chi connectivity index (χ4n) is 7.01. The summed E-state index contributed by atoms with van der Waals surface area (Å²) in [6, 6.07) is 5.71. The van der Waals surface area contributed by atoms with E-state index in [1.807, 2.05) is 0 Å². The molecule has 2 aromatic rings. The number of nitrogens with zero attached hydrogens (tertiary/aromatic N) is 2. The second kappa shape index (κ2) is 27.7. The summed E-state index contributed by atoms with van der Waals surface area (Å²) < 4.78 is 21.2. The number of carbonyl (C=O) groups excluding carboxylic acids is 2. The molecule has 0 saturated carbocycles. The van der Waals surface area contributed by atoms with Gasteiger partial charge in [0, 0.05) is 62.8 Å². The quantitative estimate of drug-likeness (QED) is 0.0370. The number of carbonyl (C=O) groups is 2. The van der Waals surface area contributed by atoms with Crippen LogP contribution in [0.4, 0.5) is 0 Å². The van der Waals surface area contributed by atoms with E-state index in [9.17, 15) is 91.3 Å². The average Bonchev–Trinajstić information content (AvgIpc) is 3.35. The summed E-state index contributed by atoms with van der Waals surface area (Å²) in [7, 11) is 0. The maximum absolute atomic E-state index is 13.0. The van der Waals surface area contributed by atoms with Crippen molar-refractivity contribution in [3.05, 3.63) is 47.8 Å². The van der Waals surface area contributed by atoms with Gasteiger partial charge in [0.15, 0.2) is 12.6 Å². The highest BCUT2D eigenvalue weighted by Gasteiger charge is 2.48. The summed E-state index contributed by atoms with van der Waals surface area (Å²) in [6.07, 6.45) is -28.7. The lowest BCUT2D eigenvalue weighted by Crippen LogP contribution is -2.61. The van der Waals surface area contributed by atoms with Crippen LogP contribution in [0.1, 0.15) is 20.7 Å². The minimum absolute atomic E-state index is 0.0129. The highest BCUT2D eigenvalue weighted by Crippen LogP contribution is 2.27. The van der Waals surface area contributed by atoms with Gasteiger partial charge in [-0.05, 0) is 24.3 Å². The summed E-state index contributed by atoms with van der Waals surface area (Å²) in [5.41, 5.74) is 0.818. The Morgan fingerprint density at radius 1 is 0.544 bits per heavy atom. The van der Waals surface area contributed by atoms with Gasteiger partial charge in [-0.25, -0.2) is 0 Å². The molecule has 4 heterocycles. The molecule has 2 aliphatic heterocycles. The Morgan fingerprint density at radius 2 is 0.912 bits per heavy atom. The van der Waals surface area contributed by atoms with E-state index in [0.29, 0.717) is 0 Å². The van der Waals surface area contributed by atoms with E-state index in [0.717, 1.165) is 0 Å². The van der Waals surface area contributed by atoms with E-state index < -0.39 is 148 Å². The van der Waals surface area contributed by atoms with Crippen LogP contribution in [-0.2, 0) is 18.9 Å². The van der Waals surface area contributed by atoms with Gasteiger partial charge in [0.25, 0.3) is 11.8 Å². The Kier molecular flexibility index (Phi) is 23.2. The molecule has 0 aromatic carbocycles. The van der Waals surface area contributed by atoms with Gasteiger partial charge in [0.05, 0.1) is 50.0 Å². The Labute approximate surface area is 388 Å². The summed E-state index contributed by atoms with van der Waals surface area (Å²) in [6.45, 7) is -3.96. The van der Waals surface area contributed by atoms with Gasteiger partial charge < -0.3 is 122 Å². The van der Waals surface area contributed by atoms with Crippen molar-refractivity contribution in [3.63, 3.8) is 0 Å². The summed E-state index contributed by atoms with van der Waals surface area (Å²) >= 11 is 0. The molecule has 4 rings (SSSR count). The lowest BCUT2D eigenvalue weighted by molar-refractivity contribution is -0.327. The zero-order valence-electron chi connectivity index (χ0n) is 36.4. The molecule has 2 aromatic heterocycles. The SMILES string of the molecule is O=C(NCCNC[C@H](O)[C@H](O)[C@@H](O[C@H]1O[C@@H](CO)[C@@H](O)[C@@H](O)[C@@H]1O)[C@@H](O)CO)c1ccnc(-c2cc(C(=O)NCCNC[C@H](O)[C@H](O)[C@@H](O[C@H]3O[C@@H](CO)[C@@H](O)[C@@H](O)[C@@H]3O)[C@@H](O)CO)ccn2)c1. The molecule has 0 bridgehead atoms. The molecule has 68 heavy (non-hydrogen) atoms. The number of rotatable bonds is 27. The number of pyridine rings is 2. The van der Waals surface area contributed by atoms with Crippen LogP contribution in [0.25, 0.3) is 11.4 Å². The van der Waals surface area contributed by atoms with Gasteiger partial charge in [-0.1, -0.05) is 0 Å². The minimum atomic E-state index is -1.90. The zero-order valence-corrected chi connectivity index (χ0v) is 36.4. The molecular weight excluding hydrogens is 916 g/mol. The molecule has 28 nitrogen and oxygen atoms in total. The molecule has 0 spiro atoms. The fourth-order valence-corrected chi connectivity index (χ4v) is 7.01. The lowest BCUT2D eigenvalue weighted by atomic mass is 9.98. The predicted molar refractivity (Wildman–Crippen MR) is 225 cm³/mol. The molecule has 20 N–H and O–H groups in total. The van der Waals surface area contributed by atoms with E-state index in [1.165, 1.54) is 36.7 Å². The molecule has 2 fully saturated rings. The number of aliphatic hydroxyl groups excluding tert-OH is 16. The van der Waals surface area contributed by atoms with Crippen LogP contribution in [0, 0.1) is 0 Å². The van der Waals surface area contributed by atoms with E-state index >= 15 is 0 Å². The van der Waals surface area contributed by atoms with Crippen molar-refractivity contribution < 1.29 is 110 Å². The van der Waals surface area contributed by atoms with E-state index in [4.69, 9.17) is 18.9 Å². The first-order valence-corrected chi connectivity index (χ1v) is 21.5. The highest BCUT2D eigenvalue weighted by atomic mass is 16.7. The summed E-state index contributed by atoms with van der Waals surface area (Å²) in [5, 5.41) is 173. The van der Waals surface area contributed by atoms with Crippen molar-refractivity contribution in [1.82, 2.24) is 31.2 Å². The number of hydrogen-bond acceptors (Lipinski definition) is 26. The lowest BCUT2D eigenvalue weighted by Gasteiger charge is -2.42. The van der Waals surface area contributed by atoms with Gasteiger partial charge in [-0.15, -0.1) is 0 Å². The maximum atomic E-state index is 13.0. The number of ether oxygens (including phenoxy) is 4. The van der Waals surface area contributed by atoms with Crippen molar-refractivity contribution in [2.24, 2.45) is 0 Å². The van der Waals surface area contributed by atoms with Gasteiger partial charge in [-0.2, -0.15) is 0 Å². The van der Waals surface area contributed by atoms with Gasteiger partial charge >= 0.3 is 0 Å². The van der Waals surface area contributed by atoms with Crippen LogP contribution in [0.2, 0.25) is 0 Å². The molecule has 2 saturated heterocycles. The highest BCUT2D eigenvalue weighted by molar-refractivity contribution is 5.96. The third-order valence-corrected chi connectivity index (χ3v) is 11.1. The first-order chi connectivity index (χ1) is 32.4. The molecule has 0 radical (unpaired) electrons. The summed E-state index contributed by atoms with van der Waals surface area (Å²) in [5.74, 6) is -1.06. The average molecular weight is 981 g/mol. The first kappa shape index (κ1) is 56.9. The van der Waals surface area contributed by atoms with E-state index in [2.05, 4.69) is 31.2 Å². The van der Waals surface area contributed by atoms with Crippen LogP contribution in [0.5, 0.6) is 0 Å². The third kappa shape index (κ3) is 15.2. The Hall–Kier alpha value is -3.64. The largest absolute Gasteiger partial charge is 0.394 e. The van der Waals surface area contributed by atoms with Gasteiger partial charge in [0.2, 0.25) is 0 Å². The number of aliphatic hydroxyl groups is 16. The van der Waals surface area contributed by atoms with Crippen LogP contribution in [0.3, 0.4) is 0 Å². The predicted octanol–water partition coefficient (Wildman–Crippen LogP) is -10.7. The molecule has 28 heteroatoms. The van der Waals surface area contributed by atoms with Crippen molar-refractivity contribution in [2.75, 3.05) is 65.7 Å². The number of aromatic nitrogens is 2. The summed E-state index contributed by atoms with van der Waals surface area (Å²) in [4.78, 5) is 34.4. The van der Waals surface area contributed by atoms with Crippen molar-refractivity contribution in [1.29, 1.82) is 0 Å². The Bertz CT molecular complexity index is 1700. The number of amides is 2. The fraction of sp³-hybridized carbons (Fsp3) is 0.700. The van der Waals surface area contributed by atoms with Crippen LogP contribution in [-0.4, -0.2) is 279 Å². The Morgan fingerprint density at radius 3 is 1.25 bits per heavy atom. The zero-order chi connectivity index (χ0) is 50.2. The normalized spacial score (nSPS) is 28.9. The Balaban J connectivity index is 1.21. The standard InChI is InChI=1S/C40H64N6O22/c47-13-23(53)35(67-39-33(61)31(59)29(57)25(15-49)65-39)27(55)21(51)11-41-5-7-45-37(63)17-1-3-43-19(9-17)20-10-18(2-4-44-20)38(64)46-8-6-42-12-22(52)28(56)36(24(54)14-48)68-40-34(62)32(60)30(58)26(16-50)66-40/h1-4,9-10,21-36,39-42,47-62H,5-8,11-16H2,(H,45,63)(H,46,64)/t21-,22-,23-,24-,25-,26-,27-,28-,29+,30+,31+,32+,33-,34-,35-,36-,39+,40+/m0/s1. The first-order valence-electron chi connectivity index (χ1n) is 21.5. The monoisotopic (exact) mass is 980 g/mol. The second-order valence-corrected chi connectivity index (χ2v) is 16.0. The van der Waals surface area contributed by atoms with Crippen molar-refractivity contribution >= 4 is 11.8 Å². The molecule has 386 valence electrons. The van der Waals surface area contributed by atoms with Gasteiger partial charge in [-0.3, -0.25) is 19.6 Å². The van der Waals surface area contributed by atoms with E-state index in [-0.39, 0.29) is 61.8 Å². The molecule has 0 unspecified atom stereocenters. The molecular formula is C40H64N6O22. The number of nitrogens with one attached hydrogen (secondary N) is 4. The smallest absolute Gasteiger partial charge is 0.251 e. The minimum Gasteiger partial charge on any atom is -0.394 e. The third-order valence-electron chi connectivity index (χ3n) is 11.1. The van der Waals surface area contributed by atoms with Crippen LogP contribution >= 0.6 is 0 Å². The molecule has 2 amide bonds. The van der Waals surface area contributed by atoms with Crippen LogP contribution in [0.15, 0.2) is 36.7 Å². The number of hydrogen-bond donors (Lipinski definition) is 20. The van der Waals surface area contributed by atoms with E-state index in [1.54, 1.807) is 0 Å². The second-order valence-electron chi connectivity index (χ2n) is 16.0. The van der Waals surface area contributed by atoms with Crippen molar-refractivity contribution in [3.8, 4) is 11.4 Å². The maximum Gasteiger partial charge on any atom is 0.251 e. The topological polar surface area (TPSA) is 469 Å². The molecule has 2 aliphatic rings. The van der Waals surface area contributed by atoms with Gasteiger partial charge in [0.1, 0.15) is 85.5 Å².